The molecule has 3 heteroatoms. The summed E-state index contributed by atoms with van der Waals surface area (Å²) in [5.74, 6) is 0. The monoisotopic (exact) mass is 240 g/mol. The number of piperidine rings is 1. The van der Waals surface area contributed by atoms with E-state index in [1.807, 2.05) is 0 Å². The Bertz CT molecular complexity index is 282. The lowest BCUT2D eigenvalue weighted by Crippen LogP contribution is -2.64. The van der Waals surface area contributed by atoms with Crippen LogP contribution in [0.3, 0.4) is 0 Å². The molecule has 100 valence electrons. The Morgan fingerprint density at radius 1 is 1.06 bits per heavy atom. The Morgan fingerprint density at radius 3 is 2.06 bits per heavy atom. The molecule has 0 bridgehead atoms. The van der Waals surface area contributed by atoms with Crippen molar-refractivity contribution in [1.82, 2.24) is 4.90 Å². The van der Waals surface area contributed by atoms with Crippen LogP contribution in [0, 0.1) is 0 Å². The summed E-state index contributed by atoms with van der Waals surface area (Å²) in [6, 6.07) is 0. The lowest BCUT2D eigenvalue weighted by atomic mass is 9.76. The fraction of sp³-hybridized carbons (Fsp3) is 1.00. The van der Waals surface area contributed by atoms with Gasteiger partial charge >= 0.3 is 0 Å². The predicted molar refractivity (Wildman–Crippen MR) is 71.1 cm³/mol. The van der Waals surface area contributed by atoms with Gasteiger partial charge in [0.2, 0.25) is 0 Å². The molecule has 2 rings (SSSR count). The number of hydrogen-bond donors (Lipinski definition) is 1. The van der Waals surface area contributed by atoms with E-state index in [0.29, 0.717) is 6.54 Å². The van der Waals surface area contributed by atoms with Gasteiger partial charge in [-0.15, -0.1) is 0 Å². The third-order valence-electron chi connectivity index (χ3n) is 4.67. The molecule has 0 amide bonds. The fourth-order valence-corrected chi connectivity index (χ4v) is 4.00. The van der Waals surface area contributed by atoms with Gasteiger partial charge in [0.25, 0.3) is 0 Å². The second kappa shape index (κ2) is 4.22. The van der Waals surface area contributed by atoms with Crippen molar-refractivity contribution < 1.29 is 4.74 Å². The van der Waals surface area contributed by atoms with Crippen LogP contribution in [-0.4, -0.2) is 41.3 Å². The summed E-state index contributed by atoms with van der Waals surface area (Å²) in [6.45, 7) is 11.9. The van der Waals surface area contributed by atoms with E-state index >= 15 is 0 Å². The molecule has 2 N–H and O–H groups in total. The predicted octanol–water partition coefficient (Wildman–Crippen LogP) is 2.15. The Hall–Kier alpha value is -0.120. The van der Waals surface area contributed by atoms with Crippen LogP contribution in [0.2, 0.25) is 0 Å². The van der Waals surface area contributed by atoms with Gasteiger partial charge < -0.3 is 10.5 Å². The minimum Gasteiger partial charge on any atom is -0.368 e. The topological polar surface area (TPSA) is 38.5 Å². The lowest BCUT2D eigenvalue weighted by molar-refractivity contribution is -0.106. The molecule has 2 aliphatic heterocycles. The van der Waals surface area contributed by atoms with Crippen LogP contribution in [0.1, 0.15) is 53.4 Å². The summed E-state index contributed by atoms with van der Waals surface area (Å²) in [6.07, 6.45) is 5.02. The molecular formula is C14H28N2O. The molecule has 0 aliphatic carbocycles. The number of hydrogen-bond acceptors (Lipinski definition) is 3. The van der Waals surface area contributed by atoms with E-state index in [-0.39, 0.29) is 16.7 Å². The largest absolute Gasteiger partial charge is 0.368 e. The van der Waals surface area contributed by atoms with Crippen molar-refractivity contribution in [1.29, 1.82) is 0 Å². The number of nitrogens with zero attached hydrogens (tertiary/aromatic N) is 1. The molecule has 1 unspecified atom stereocenters. The quantitative estimate of drug-likeness (QED) is 0.804. The van der Waals surface area contributed by atoms with Crippen LogP contribution in [0.15, 0.2) is 0 Å². The van der Waals surface area contributed by atoms with E-state index in [9.17, 15) is 0 Å². The van der Waals surface area contributed by atoms with Gasteiger partial charge in [-0.1, -0.05) is 6.42 Å². The van der Waals surface area contributed by atoms with Gasteiger partial charge in [-0.2, -0.15) is 0 Å². The van der Waals surface area contributed by atoms with Crippen molar-refractivity contribution >= 4 is 0 Å². The van der Waals surface area contributed by atoms with Crippen molar-refractivity contribution in [2.45, 2.75) is 70.1 Å². The lowest BCUT2D eigenvalue weighted by Gasteiger charge is -2.49. The molecule has 0 saturated carbocycles. The zero-order valence-electron chi connectivity index (χ0n) is 11.9. The highest BCUT2D eigenvalue weighted by molar-refractivity contribution is 5.13. The van der Waals surface area contributed by atoms with Crippen molar-refractivity contribution in [3.63, 3.8) is 0 Å². The molecule has 2 saturated heterocycles. The summed E-state index contributed by atoms with van der Waals surface area (Å²) in [5.41, 5.74) is 5.99. The maximum absolute atomic E-state index is 6.27. The minimum absolute atomic E-state index is 0.0247. The highest BCUT2D eigenvalue weighted by atomic mass is 16.5. The van der Waals surface area contributed by atoms with E-state index in [0.717, 1.165) is 6.42 Å². The maximum Gasteiger partial charge on any atom is 0.0830 e. The van der Waals surface area contributed by atoms with E-state index in [1.165, 1.54) is 32.4 Å². The van der Waals surface area contributed by atoms with Crippen molar-refractivity contribution in [2.75, 3.05) is 19.6 Å². The van der Waals surface area contributed by atoms with Gasteiger partial charge in [0.05, 0.1) is 16.7 Å². The first-order chi connectivity index (χ1) is 7.83. The second-order valence-electron chi connectivity index (χ2n) is 6.83. The van der Waals surface area contributed by atoms with Gasteiger partial charge in [0.1, 0.15) is 0 Å². The number of ether oxygens (including phenoxy) is 1. The van der Waals surface area contributed by atoms with Gasteiger partial charge in [-0.3, -0.25) is 4.90 Å². The molecule has 0 aromatic rings. The summed E-state index contributed by atoms with van der Waals surface area (Å²) >= 11 is 0. The zero-order valence-corrected chi connectivity index (χ0v) is 11.9. The summed E-state index contributed by atoms with van der Waals surface area (Å²) in [5, 5.41) is 0. The fourth-order valence-electron chi connectivity index (χ4n) is 4.00. The normalized spacial score (nSPS) is 37.2. The zero-order chi connectivity index (χ0) is 12.7. The van der Waals surface area contributed by atoms with E-state index < -0.39 is 0 Å². The smallest absolute Gasteiger partial charge is 0.0830 e. The summed E-state index contributed by atoms with van der Waals surface area (Å²) in [4.78, 5) is 2.60. The van der Waals surface area contributed by atoms with Crippen LogP contribution in [0.4, 0.5) is 0 Å². The van der Waals surface area contributed by atoms with Crippen molar-refractivity contribution in [3.8, 4) is 0 Å². The summed E-state index contributed by atoms with van der Waals surface area (Å²) < 4.78 is 6.27. The van der Waals surface area contributed by atoms with Crippen molar-refractivity contribution in [3.05, 3.63) is 0 Å². The highest BCUT2D eigenvalue weighted by Crippen LogP contribution is 2.48. The molecule has 17 heavy (non-hydrogen) atoms. The summed E-state index contributed by atoms with van der Waals surface area (Å²) in [7, 11) is 0. The molecule has 0 radical (unpaired) electrons. The Labute approximate surface area is 106 Å². The Morgan fingerprint density at radius 2 is 1.65 bits per heavy atom. The third-order valence-corrected chi connectivity index (χ3v) is 4.67. The molecule has 3 nitrogen and oxygen atoms in total. The molecule has 0 spiro atoms. The first-order valence-corrected chi connectivity index (χ1v) is 6.98. The van der Waals surface area contributed by atoms with E-state index in [2.05, 4.69) is 32.6 Å². The molecule has 0 aromatic carbocycles. The van der Waals surface area contributed by atoms with Crippen molar-refractivity contribution in [2.24, 2.45) is 5.73 Å². The number of likely N-dealkylation sites (tertiary alicyclic amines) is 1. The molecule has 0 aromatic heterocycles. The number of rotatable bonds is 2. The Kier molecular flexibility index (Phi) is 3.30. The molecule has 1 atom stereocenters. The highest BCUT2D eigenvalue weighted by Gasteiger charge is 2.59. The minimum atomic E-state index is -0.150. The maximum atomic E-state index is 6.27. The van der Waals surface area contributed by atoms with E-state index in [4.69, 9.17) is 10.5 Å². The van der Waals surface area contributed by atoms with Crippen LogP contribution >= 0.6 is 0 Å². The van der Waals surface area contributed by atoms with Crippen LogP contribution in [0.5, 0.6) is 0 Å². The molecular weight excluding hydrogens is 212 g/mol. The van der Waals surface area contributed by atoms with Gasteiger partial charge in [-0.05, 0) is 60.0 Å². The molecule has 2 heterocycles. The average Bonchev–Trinajstić information content (AvgIpc) is 2.45. The van der Waals surface area contributed by atoms with E-state index in [1.54, 1.807) is 0 Å². The van der Waals surface area contributed by atoms with Crippen LogP contribution in [0.25, 0.3) is 0 Å². The van der Waals surface area contributed by atoms with Gasteiger partial charge in [0.15, 0.2) is 0 Å². The first-order valence-electron chi connectivity index (χ1n) is 6.98. The Balaban J connectivity index is 2.29. The van der Waals surface area contributed by atoms with Gasteiger partial charge in [-0.25, -0.2) is 0 Å². The average molecular weight is 240 g/mol. The molecule has 2 aliphatic rings. The molecule has 2 fully saturated rings. The second-order valence-corrected chi connectivity index (χ2v) is 6.83. The third kappa shape index (κ3) is 2.13. The standard InChI is InChI=1S/C14H28N2O/c1-12(2)10-14(11-15,13(3,4)17-12)16-8-6-5-7-9-16/h5-11,15H2,1-4H3. The SMILES string of the molecule is CC1(C)CC(CN)(N2CCCCC2)C(C)(C)O1. The van der Waals surface area contributed by atoms with Crippen LogP contribution < -0.4 is 5.73 Å². The first kappa shape index (κ1) is 13.3. The number of nitrogens with two attached hydrogens (primary N) is 1. The van der Waals surface area contributed by atoms with Gasteiger partial charge in [0, 0.05) is 6.54 Å². The van der Waals surface area contributed by atoms with Crippen LogP contribution in [-0.2, 0) is 4.74 Å².